The molecule has 17 heteroatoms. The summed E-state index contributed by atoms with van der Waals surface area (Å²) in [5.41, 5.74) is 0. The van der Waals surface area contributed by atoms with Gasteiger partial charge in [-0.3, -0.25) is 9.59 Å². The standard InChI is InChI=1S/C55H106N2O15/c1-4-6-8-10-12-14-16-18-20-21-22-24-26-28-30-32-34-36-43(62)53(68)57-41(47(63)42(61)35-33-31-29-27-25-23-19-17-15-13-11-9-7-5-2)39-69-55-51(67)50(66)52(45(38-59)71-55)72-54-46(56-40(3)60)49(65)48(64)44(37-58)70-54/h41-52,54-55,58-59,61-67H,4-39H2,1-3H3,(H,56,60)(H,57,68)/t41-,42+,43+,44+,45+,46+,47-,48+,49+,50+,51+,52-,54+,55-/m0/s1. The van der Waals surface area contributed by atoms with Crippen LogP contribution in [0.25, 0.3) is 0 Å². The third-order valence-corrected chi connectivity index (χ3v) is 14.7. The number of aliphatic hydroxyl groups is 9. The van der Waals surface area contributed by atoms with Crippen molar-refractivity contribution in [2.75, 3.05) is 19.8 Å². The van der Waals surface area contributed by atoms with E-state index in [1.165, 1.54) is 141 Å². The van der Waals surface area contributed by atoms with Crippen molar-refractivity contribution in [1.82, 2.24) is 10.6 Å². The van der Waals surface area contributed by atoms with E-state index in [1.807, 2.05) is 0 Å². The smallest absolute Gasteiger partial charge is 0.249 e. The van der Waals surface area contributed by atoms with E-state index in [0.29, 0.717) is 12.8 Å². The lowest BCUT2D eigenvalue weighted by molar-refractivity contribution is -0.347. The summed E-state index contributed by atoms with van der Waals surface area (Å²) in [6.07, 6.45) is 18.7. The molecule has 11 N–H and O–H groups in total. The molecule has 2 amide bonds. The van der Waals surface area contributed by atoms with Crippen LogP contribution in [0, 0.1) is 0 Å². The van der Waals surface area contributed by atoms with Gasteiger partial charge in [0.1, 0.15) is 61.0 Å². The van der Waals surface area contributed by atoms with E-state index < -0.39 is 117 Å². The Hall–Kier alpha value is -1.58. The first-order chi connectivity index (χ1) is 34.8. The molecule has 0 aliphatic carbocycles. The van der Waals surface area contributed by atoms with Crippen LogP contribution in [0.1, 0.15) is 233 Å². The second-order valence-electron chi connectivity index (χ2n) is 21.1. The molecule has 2 rings (SSSR count). The zero-order valence-electron chi connectivity index (χ0n) is 45.0. The molecular formula is C55H106N2O15. The third kappa shape index (κ3) is 27.5. The van der Waals surface area contributed by atoms with Gasteiger partial charge in [-0.2, -0.15) is 0 Å². The first-order valence-electron chi connectivity index (χ1n) is 28.9. The van der Waals surface area contributed by atoms with Gasteiger partial charge in [0.25, 0.3) is 0 Å². The predicted molar refractivity (Wildman–Crippen MR) is 278 cm³/mol. The molecule has 0 radical (unpaired) electrons. The first kappa shape index (κ1) is 66.5. The Bertz CT molecular complexity index is 1320. The molecule has 2 aliphatic rings. The van der Waals surface area contributed by atoms with Gasteiger partial charge in [0.05, 0.1) is 32.0 Å². The average molecular weight is 1040 g/mol. The van der Waals surface area contributed by atoms with Crippen molar-refractivity contribution in [2.24, 2.45) is 0 Å². The van der Waals surface area contributed by atoms with Crippen molar-refractivity contribution in [3.63, 3.8) is 0 Å². The van der Waals surface area contributed by atoms with Gasteiger partial charge in [-0.25, -0.2) is 0 Å². The SMILES string of the molecule is CCCCCCCCCCCCCCCCCCC[C@@H](O)C(=O)N[C@@H](CO[C@H]1O[C@H](CO)[C@H](O[C@H]2O[C@H](CO)[C@@H](O)[C@H](O)[C@H]2NC(C)=O)[C@H](O)[C@H]1O)[C@H](O)[C@H](O)CCCCCCCCCCCCCCCC. The van der Waals surface area contributed by atoms with Gasteiger partial charge in [-0.1, -0.05) is 213 Å². The van der Waals surface area contributed by atoms with E-state index in [2.05, 4.69) is 24.5 Å². The minimum absolute atomic E-state index is 0.203. The van der Waals surface area contributed by atoms with Crippen LogP contribution in [0.15, 0.2) is 0 Å². The molecule has 2 heterocycles. The topological polar surface area (TPSA) is 277 Å². The van der Waals surface area contributed by atoms with Gasteiger partial charge in [0.2, 0.25) is 11.8 Å². The van der Waals surface area contributed by atoms with E-state index in [0.717, 1.165) is 51.9 Å². The van der Waals surface area contributed by atoms with E-state index in [4.69, 9.17) is 18.9 Å². The number of hydrogen-bond acceptors (Lipinski definition) is 15. The van der Waals surface area contributed by atoms with Gasteiger partial charge in [-0.05, 0) is 12.8 Å². The second kappa shape index (κ2) is 41.6. The van der Waals surface area contributed by atoms with Gasteiger partial charge < -0.3 is 75.5 Å². The summed E-state index contributed by atoms with van der Waals surface area (Å²) in [7, 11) is 0. The molecule has 14 atom stereocenters. The molecule has 2 aliphatic heterocycles. The zero-order chi connectivity index (χ0) is 52.9. The molecular weight excluding hydrogens is 929 g/mol. The molecule has 2 saturated heterocycles. The molecule has 426 valence electrons. The number of aliphatic hydroxyl groups excluding tert-OH is 9. The summed E-state index contributed by atoms with van der Waals surface area (Å²) in [5, 5.41) is 102. The second-order valence-corrected chi connectivity index (χ2v) is 21.1. The molecule has 0 spiro atoms. The minimum Gasteiger partial charge on any atom is -0.394 e. The van der Waals surface area contributed by atoms with Crippen LogP contribution in [-0.2, 0) is 28.5 Å². The molecule has 72 heavy (non-hydrogen) atoms. The molecule has 2 fully saturated rings. The normalized spacial score (nSPS) is 26.3. The fourth-order valence-corrected chi connectivity index (χ4v) is 9.98. The van der Waals surface area contributed by atoms with E-state index in [1.54, 1.807) is 0 Å². The van der Waals surface area contributed by atoms with Crippen molar-refractivity contribution in [2.45, 2.75) is 318 Å². The van der Waals surface area contributed by atoms with Gasteiger partial charge in [-0.15, -0.1) is 0 Å². The number of unbranched alkanes of at least 4 members (excludes halogenated alkanes) is 29. The number of hydrogen-bond donors (Lipinski definition) is 11. The lowest BCUT2D eigenvalue weighted by Gasteiger charge is -2.47. The summed E-state index contributed by atoms with van der Waals surface area (Å²) >= 11 is 0. The number of rotatable bonds is 45. The summed E-state index contributed by atoms with van der Waals surface area (Å²) in [5.74, 6) is -1.38. The molecule has 0 aromatic heterocycles. The largest absolute Gasteiger partial charge is 0.394 e. The fourth-order valence-electron chi connectivity index (χ4n) is 9.98. The number of carbonyl (C=O) groups excluding carboxylic acids is 2. The average Bonchev–Trinajstić information content (AvgIpc) is 3.37. The number of carbonyl (C=O) groups is 2. The summed E-state index contributed by atoms with van der Waals surface area (Å²) in [4.78, 5) is 25.4. The summed E-state index contributed by atoms with van der Waals surface area (Å²) < 4.78 is 23.2. The number of ether oxygens (including phenoxy) is 4. The zero-order valence-corrected chi connectivity index (χ0v) is 45.0. The maximum absolute atomic E-state index is 13.4. The molecule has 0 bridgehead atoms. The Kier molecular flexibility index (Phi) is 38.4. The first-order valence-corrected chi connectivity index (χ1v) is 28.9. The van der Waals surface area contributed by atoms with Crippen LogP contribution in [0.2, 0.25) is 0 Å². The Morgan fingerprint density at radius 3 is 1.33 bits per heavy atom. The highest BCUT2D eigenvalue weighted by atomic mass is 16.7. The van der Waals surface area contributed by atoms with Crippen molar-refractivity contribution in [3.05, 3.63) is 0 Å². The Labute approximate surface area is 433 Å². The highest BCUT2D eigenvalue weighted by Crippen LogP contribution is 2.30. The van der Waals surface area contributed by atoms with Gasteiger partial charge >= 0.3 is 0 Å². The van der Waals surface area contributed by atoms with Crippen molar-refractivity contribution in [3.8, 4) is 0 Å². The Morgan fingerprint density at radius 2 is 0.917 bits per heavy atom. The van der Waals surface area contributed by atoms with Crippen LogP contribution < -0.4 is 10.6 Å². The van der Waals surface area contributed by atoms with Gasteiger partial charge in [0.15, 0.2) is 12.6 Å². The van der Waals surface area contributed by atoms with Gasteiger partial charge in [0, 0.05) is 6.92 Å². The molecule has 0 unspecified atom stereocenters. The molecule has 0 aromatic rings. The molecule has 0 saturated carbocycles. The molecule has 17 nitrogen and oxygen atoms in total. The van der Waals surface area contributed by atoms with E-state index in [9.17, 15) is 55.5 Å². The van der Waals surface area contributed by atoms with Crippen LogP contribution in [0.4, 0.5) is 0 Å². The van der Waals surface area contributed by atoms with Crippen LogP contribution in [0.3, 0.4) is 0 Å². The number of amides is 2. The minimum atomic E-state index is -1.86. The van der Waals surface area contributed by atoms with Crippen molar-refractivity contribution < 1.29 is 74.5 Å². The molecule has 0 aromatic carbocycles. The van der Waals surface area contributed by atoms with Crippen molar-refractivity contribution >= 4 is 11.8 Å². The number of nitrogens with one attached hydrogen (secondary N) is 2. The Morgan fingerprint density at radius 1 is 0.514 bits per heavy atom. The summed E-state index contributed by atoms with van der Waals surface area (Å²) in [6.45, 7) is 3.59. The highest BCUT2D eigenvalue weighted by Gasteiger charge is 2.51. The van der Waals surface area contributed by atoms with Crippen LogP contribution >= 0.6 is 0 Å². The Balaban J connectivity index is 1.92. The van der Waals surface area contributed by atoms with Crippen LogP contribution in [0.5, 0.6) is 0 Å². The maximum Gasteiger partial charge on any atom is 0.249 e. The lowest BCUT2D eigenvalue weighted by atomic mass is 9.95. The van der Waals surface area contributed by atoms with E-state index in [-0.39, 0.29) is 12.8 Å². The lowest BCUT2D eigenvalue weighted by Crippen LogP contribution is -2.67. The van der Waals surface area contributed by atoms with Crippen LogP contribution in [-0.4, -0.2) is 163 Å². The highest BCUT2D eigenvalue weighted by molar-refractivity contribution is 5.80. The quantitative estimate of drug-likeness (QED) is 0.0301. The van der Waals surface area contributed by atoms with E-state index >= 15 is 0 Å². The predicted octanol–water partition coefficient (Wildman–Crippen LogP) is 6.25. The monoisotopic (exact) mass is 1030 g/mol. The fraction of sp³-hybridized carbons (Fsp3) is 0.964. The van der Waals surface area contributed by atoms with Crippen molar-refractivity contribution in [1.29, 1.82) is 0 Å². The summed E-state index contributed by atoms with van der Waals surface area (Å²) in [6, 6.07) is -2.67. The maximum atomic E-state index is 13.4. The third-order valence-electron chi connectivity index (χ3n) is 14.7.